The molecule has 0 unspecified atom stereocenters. The third-order valence-corrected chi connectivity index (χ3v) is 0.818. The second-order valence-electron chi connectivity index (χ2n) is 0.685. The van der Waals surface area contributed by atoms with Crippen molar-refractivity contribution in [3.63, 3.8) is 0 Å². The summed E-state index contributed by atoms with van der Waals surface area (Å²) in [6.45, 7) is 1.73. The molecule has 0 atom stereocenters. The van der Waals surface area contributed by atoms with Gasteiger partial charge in [-0.2, -0.15) is 5.26 Å². The molecule has 6 heavy (non-hydrogen) atoms. The van der Waals surface area contributed by atoms with Crippen LogP contribution in [-0.4, -0.2) is 4.20 Å². The summed E-state index contributed by atoms with van der Waals surface area (Å²) in [5, 5.41) is 9.70. The van der Waals surface area contributed by atoms with Crippen molar-refractivity contribution >= 4 is 28.2 Å². The Hall–Kier alpha value is -0.0700. The van der Waals surface area contributed by atoms with Gasteiger partial charge in [0.1, 0.15) is 5.40 Å². The van der Waals surface area contributed by atoms with Gasteiger partial charge in [-0.25, -0.2) is 0 Å². The highest BCUT2D eigenvalue weighted by Crippen LogP contribution is 1.97. The van der Waals surface area contributed by atoms with Crippen molar-refractivity contribution in [3.05, 3.63) is 0 Å². The van der Waals surface area contributed by atoms with E-state index in [1.54, 1.807) is 6.92 Å². The van der Waals surface area contributed by atoms with Gasteiger partial charge in [0.05, 0.1) is 4.20 Å². The van der Waals surface area contributed by atoms with Crippen LogP contribution in [0.2, 0.25) is 0 Å². The number of nitrogens with zero attached hydrogens (tertiary/aromatic N) is 1. The summed E-state index contributed by atoms with van der Waals surface area (Å²) >= 11 is 5.56. The van der Waals surface area contributed by atoms with Gasteiger partial charge in [0.25, 0.3) is 0 Å². The zero-order valence-electron chi connectivity index (χ0n) is 3.26. The summed E-state index contributed by atoms with van der Waals surface area (Å²) in [5.74, 6) is 0. The highest BCUT2D eigenvalue weighted by Gasteiger charge is 1.79. The minimum atomic E-state index is 0.678. The van der Waals surface area contributed by atoms with Crippen LogP contribution in [0.25, 0.3) is 0 Å². The maximum atomic E-state index is 7.86. The maximum absolute atomic E-state index is 7.86. The van der Waals surface area contributed by atoms with Crippen molar-refractivity contribution in [2.24, 2.45) is 0 Å². The molecule has 0 aliphatic carbocycles. The maximum Gasteiger partial charge on any atom is 0.139 e. The lowest BCUT2D eigenvalue weighted by Gasteiger charge is -1.73. The van der Waals surface area contributed by atoms with Crippen LogP contribution in [-0.2, 0) is 0 Å². The van der Waals surface area contributed by atoms with Crippen molar-refractivity contribution < 1.29 is 0 Å². The number of rotatable bonds is 0. The standard InChI is InChI=1S/C3H3NS2/c1-3(5)6-2-4/h1H3. The molecular formula is C3H3NS2. The zero-order valence-corrected chi connectivity index (χ0v) is 4.90. The molecule has 0 aromatic rings. The summed E-state index contributed by atoms with van der Waals surface area (Å²) in [7, 11) is 0. The Morgan fingerprint density at radius 3 is 2.50 bits per heavy atom. The van der Waals surface area contributed by atoms with Gasteiger partial charge in [-0.15, -0.1) is 0 Å². The molecule has 0 bridgehead atoms. The second-order valence-corrected chi connectivity index (χ2v) is 2.55. The normalized spacial score (nSPS) is 6.67. The Balaban J connectivity index is 3.13. The summed E-state index contributed by atoms with van der Waals surface area (Å²) in [5.41, 5.74) is 0. The number of thiocyanates is 1. The molecule has 0 radical (unpaired) electrons. The predicted molar refractivity (Wildman–Crippen MR) is 31.5 cm³/mol. The Morgan fingerprint density at radius 2 is 2.50 bits per heavy atom. The van der Waals surface area contributed by atoms with E-state index >= 15 is 0 Å². The number of hydrogen-bond acceptors (Lipinski definition) is 3. The van der Waals surface area contributed by atoms with Crippen LogP contribution in [0.1, 0.15) is 6.92 Å². The van der Waals surface area contributed by atoms with Gasteiger partial charge in [-0.3, -0.25) is 0 Å². The fraction of sp³-hybridized carbons (Fsp3) is 0.333. The SMILES string of the molecule is CC(=S)SC#N. The molecule has 32 valence electrons. The van der Waals surface area contributed by atoms with Gasteiger partial charge in [0.15, 0.2) is 0 Å². The molecule has 0 aromatic carbocycles. The van der Waals surface area contributed by atoms with Gasteiger partial charge in [0.2, 0.25) is 0 Å². The van der Waals surface area contributed by atoms with E-state index < -0.39 is 0 Å². The Morgan fingerprint density at radius 1 is 2.00 bits per heavy atom. The first-order valence-corrected chi connectivity index (χ1v) is 2.56. The lowest BCUT2D eigenvalue weighted by molar-refractivity contribution is 1.57. The molecule has 0 amide bonds. The molecule has 1 nitrogen and oxygen atoms in total. The van der Waals surface area contributed by atoms with Gasteiger partial charge in [0, 0.05) is 0 Å². The summed E-state index contributed by atoms with van der Waals surface area (Å²) < 4.78 is 0.678. The van der Waals surface area contributed by atoms with Crippen LogP contribution in [0.3, 0.4) is 0 Å². The second kappa shape index (κ2) is 3.13. The Kier molecular flexibility index (Phi) is 3.10. The van der Waals surface area contributed by atoms with E-state index in [1.165, 1.54) is 0 Å². The average Bonchev–Trinajstić information content (AvgIpc) is 1.35. The van der Waals surface area contributed by atoms with Crippen LogP contribution >= 0.6 is 24.0 Å². The van der Waals surface area contributed by atoms with Crippen molar-refractivity contribution in [2.75, 3.05) is 0 Å². The van der Waals surface area contributed by atoms with Crippen LogP contribution in [0.15, 0.2) is 0 Å². The van der Waals surface area contributed by atoms with E-state index in [9.17, 15) is 0 Å². The summed E-state index contributed by atoms with van der Waals surface area (Å²) in [4.78, 5) is 0. The smallest absolute Gasteiger partial charge is 0.139 e. The van der Waals surface area contributed by atoms with Gasteiger partial charge in [-0.05, 0) is 18.7 Å². The van der Waals surface area contributed by atoms with Gasteiger partial charge in [-0.1, -0.05) is 12.2 Å². The van der Waals surface area contributed by atoms with Crippen LogP contribution in [0.5, 0.6) is 0 Å². The topological polar surface area (TPSA) is 23.8 Å². The molecule has 0 aliphatic rings. The minimum absolute atomic E-state index is 0.678. The van der Waals surface area contributed by atoms with Crippen LogP contribution in [0.4, 0.5) is 0 Å². The summed E-state index contributed by atoms with van der Waals surface area (Å²) in [6, 6.07) is 0. The van der Waals surface area contributed by atoms with Gasteiger partial charge < -0.3 is 0 Å². The van der Waals surface area contributed by atoms with Crippen molar-refractivity contribution in [1.82, 2.24) is 0 Å². The van der Waals surface area contributed by atoms with Crippen LogP contribution < -0.4 is 0 Å². The average molecular weight is 117 g/mol. The molecule has 0 rings (SSSR count). The summed E-state index contributed by atoms with van der Waals surface area (Å²) in [6.07, 6.45) is 0. The van der Waals surface area contributed by atoms with E-state index in [4.69, 9.17) is 5.26 Å². The highest BCUT2D eigenvalue weighted by atomic mass is 32.2. The quantitative estimate of drug-likeness (QED) is 0.355. The molecule has 0 aromatic heterocycles. The minimum Gasteiger partial charge on any atom is -0.185 e. The van der Waals surface area contributed by atoms with E-state index in [-0.39, 0.29) is 0 Å². The van der Waals surface area contributed by atoms with Gasteiger partial charge >= 0.3 is 0 Å². The largest absolute Gasteiger partial charge is 0.185 e. The Bertz CT molecular complexity index is 91.5. The van der Waals surface area contributed by atoms with E-state index in [0.717, 1.165) is 11.8 Å². The third-order valence-electron chi connectivity index (χ3n) is 0.189. The number of thioether (sulfide) groups is 1. The molecule has 0 fully saturated rings. The molecule has 0 saturated heterocycles. The molecule has 0 heterocycles. The first kappa shape index (κ1) is 5.93. The molecular weight excluding hydrogens is 114 g/mol. The fourth-order valence-corrected chi connectivity index (χ4v) is 0.305. The van der Waals surface area contributed by atoms with Crippen molar-refractivity contribution in [3.8, 4) is 5.40 Å². The van der Waals surface area contributed by atoms with E-state index in [0.29, 0.717) is 4.20 Å². The highest BCUT2D eigenvalue weighted by molar-refractivity contribution is 8.26. The number of thiocarbonyl (C=S) groups is 1. The third kappa shape index (κ3) is 3.93. The zero-order chi connectivity index (χ0) is 4.99. The number of hydrogen-bond donors (Lipinski definition) is 0. The monoisotopic (exact) mass is 117 g/mol. The van der Waals surface area contributed by atoms with E-state index in [1.807, 2.05) is 5.40 Å². The molecule has 0 N–H and O–H groups in total. The molecule has 0 aliphatic heterocycles. The lowest BCUT2D eigenvalue weighted by Crippen LogP contribution is -1.66. The molecule has 0 spiro atoms. The molecule has 0 saturated carbocycles. The van der Waals surface area contributed by atoms with E-state index in [2.05, 4.69) is 12.2 Å². The fourth-order valence-electron chi connectivity index (χ4n) is 0.0643. The van der Waals surface area contributed by atoms with Crippen molar-refractivity contribution in [1.29, 1.82) is 5.26 Å². The first-order valence-electron chi connectivity index (χ1n) is 1.34. The van der Waals surface area contributed by atoms with Crippen molar-refractivity contribution in [2.45, 2.75) is 6.92 Å². The van der Waals surface area contributed by atoms with Crippen LogP contribution in [0, 0.1) is 10.7 Å². The predicted octanol–water partition coefficient (Wildman–Crippen LogP) is 1.55. The Labute approximate surface area is 46.3 Å². The number of nitriles is 1. The lowest BCUT2D eigenvalue weighted by atomic mass is 11.0. The molecule has 3 heteroatoms. The first-order chi connectivity index (χ1) is 2.77.